The molecule has 0 aliphatic heterocycles. The maximum atomic E-state index is 13.7. The van der Waals surface area contributed by atoms with Crippen LogP contribution in [0.1, 0.15) is 31.0 Å². The van der Waals surface area contributed by atoms with Gasteiger partial charge in [-0.25, -0.2) is 4.39 Å². The van der Waals surface area contributed by atoms with Crippen LogP contribution in [-0.4, -0.2) is 16.3 Å². The van der Waals surface area contributed by atoms with Crippen molar-refractivity contribution in [2.75, 3.05) is 6.54 Å². The predicted octanol–water partition coefficient (Wildman–Crippen LogP) is 3.39. The van der Waals surface area contributed by atoms with E-state index >= 15 is 0 Å². The Morgan fingerprint density at radius 1 is 1.47 bits per heavy atom. The molecular formula is C14H17ClFN3. The van der Waals surface area contributed by atoms with Gasteiger partial charge >= 0.3 is 0 Å². The maximum absolute atomic E-state index is 13.7. The van der Waals surface area contributed by atoms with E-state index in [1.54, 1.807) is 23.0 Å². The van der Waals surface area contributed by atoms with Gasteiger partial charge in [0.25, 0.3) is 0 Å². The van der Waals surface area contributed by atoms with Crippen molar-refractivity contribution in [3.63, 3.8) is 0 Å². The topological polar surface area (TPSA) is 29.9 Å². The molecule has 102 valence electrons. The van der Waals surface area contributed by atoms with Crippen molar-refractivity contribution in [3.05, 3.63) is 52.6 Å². The second-order valence-electron chi connectivity index (χ2n) is 4.45. The molecule has 1 atom stereocenters. The molecule has 1 unspecified atom stereocenters. The fourth-order valence-electron chi connectivity index (χ4n) is 1.96. The molecule has 3 nitrogen and oxygen atoms in total. The molecule has 19 heavy (non-hydrogen) atoms. The van der Waals surface area contributed by atoms with E-state index in [0.29, 0.717) is 17.1 Å². The van der Waals surface area contributed by atoms with Gasteiger partial charge in [0, 0.05) is 28.4 Å². The van der Waals surface area contributed by atoms with Crippen LogP contribution in [0.4, 0.5) is 4.39 Å². The SMILES string of the molecule is CCNC(C)c1cnn(Cc2c(F)cccc2Cl)c1. The molecule has 0 bridgehead atoms. The number of aromatic nitrogens is 2. The van der Waals surface area contributed by atoms with Gasteiger partial charge in [0.05, 0.1) is 12.7 Å². The summed E-state index contributed by atoms with van der Waals surface area (Å²) in [5, 5.41) is 7.98. The minimum absolute atomic E-state index is 0.231. The number of nitrogens with one attached hydrogen (secondary N) is 1. The lowest BCUT2D eigenvalue weighted by Crippen LogP contribution is -2.17. The Hall–Kier alpha value is -1.39. The molecule has 0 aliphatic carbocycles. The first-order chi connectivity index (χ1) is 9.11. The summed E-state index contributed by atoms with van der Waals surface area (Å²) in [6.07, 6.45) is 3.71. The van der Waals surface area contributed by atoms with E-state index in [2.05, 4.69) is 24.3 Å². The van der Waals surface area contributed by atoms with E-state index in [9.17, 15) is 4.39 Å². The Morgan fingerprint density at radius 3 is 2.95 bits per heavy atom. The van der Waals surface area contributed by atoms with Gasteiger partial charge in [-0.3, -0.25) is 4.68 Å². The van der Waals surface area contributed by atoms with Crippen molar-refractivity contribution < 1.29 is 4.39 Å². The molecule has 2 aromatic rings. The lowest BCUT2D eigenvalue weighted by Gasteiger charge is -2.09. The molecule has 0 saturated heterocycles. The molecular weight excluding hydrogens is 265 g/mol. The smallest absolute Gasteiger partial charge is 0.129 e. The lowest BCUT2D eigenvalue weighted by atomic mass is 10.2. The summed E-state index contributed by atoms with van der Waals surface area (Å²) in [6, 6.07) is 4.93. The Bertz CT molecular complexity index is 533. The van der Waals surface area contributed by atoms with Crippen LogP contribution in [0.5, 0.6) is 0 Å². The van der Waals surface area contributed by atoms with Crippen molar-refractivity contribution in [3.8, 4) is 0 Å². The Morgan fingerprint density at radius 2 is 2.26 bits per heavy atom. The quantitative estimate of drug-likeness (QED) is 0.910. The highest BCUT2D eigenvalue weighted by molar-refractivity contribution is 6.31. The average Bonchev–Trinajstić information content (AvgIpc) is 2.83. The number of hydrogen-bond donors (Lipinski definition) is 1. The fraction of sp³-hybridized carbons (Fsp3) is 0.357. The van der Waals surface area contributed by atoms with Gasteiger partial charge in [0.2, 0.25) is 0 Å². The van der Waals surface area contributed by atoms with Gasteiger partial charge in [-0.05, 0) is 25.6 Å². The molecule has 0 spiro atoms. The van der Waals surface area contributed by atoms with E-state index < -0.39 is 0 Å². The summed E-state index contributed by atoms with van der Waals surface area (Å²) in [4.78, 5) is 0. The zero-order chi connectivity index (χ0) is 13.8. The lowest BCUT2D eigenvalue weighted by molar-refractivity contribution is 0.582. The Kier molecular flexibility index (Phi) is 4.56. The van der Waals surface area contributed by atoms with Crippen LogP contribution in [0.3, 0.4) is 0 Å². The standard InChI is InChI=1S/C14H17ClFN3/c1-3-17-10(2)11-7-18-19(8-11)9-12-13(15)5-4-6-14(12)16/h4-8,10,17H,3,9H2,1-2H3. The first-order valence-electron chi connectivity index (χ1n) is 6.30. The maximum Gasteiger partial charge on any atom is 0.129 e. The summed E-state index contributed by atoms with van der Waals surface area (Å²) in [5.41, 5.74) is 1.55. The van der Waals surface area contributed by atoms with Gasteiger partial charge in [0.15, 0.2) is 0 Å². The predicted molar refractivity (Wildman–Crippen MR) is 74.8 cm³/mol. The molecule has 1 aromatic carbocycles. The highest BCUT2D eigenvalue weighted by Gasteiger charge is 2.10. The average molecular weight is 282 g/mol. The third kappa shape index (κ3) is 3.33. The van der Waals surface area contributed by atoms with Gasteiger partial charge in [0.1, 0.15) is 5.82 Å². The normalized spacial score (nSPS) is 12.6. The number of nitrogens with zero attached hydrogens (tertiary/aromatic N) is 2. The Labute approximate surface area is 117 Å². The van der Waals surface area contributed by atoms with Gasteiger partial charge < -0.3 is 5.32 Å². The molecule has 2 rings (SSSR count). The van der Waals surface area contributed by atoms with E-state index in [1.807, 2.05) is 6.20 Å². The van der Waals surface area contributed by atoms with E-state index in [4.69, 9.17) is 11.6 Å². The van der Waals surface area contributed by atoms with E-state index in [0.717, 1.165) is 12.1 Å². The Balaban J connectivity index is 2.16. The van der Waals surface area contributed by atoms with Crippen LogP contribution in [-0.2, 0) is 6.54 Å². The molecule has 0 radical (unpaired) electrons. The van der Waals surface area contributed by atoms with Gasteiger partial charge in [-0.15, -0.1) is 0 Å². The highest BCUT2D eigenvalue weighted by atomic mass is 35.5. The third-order valence-corrected chi connectivity index (χ3v) is 3.40. The molecule has 1 aromatic heterocycles. The molecule has 0 fully saturated rings. The number of rotatable bonds is 5. The first-order valence-corrected chi connectivity index (χ1v) is 6.68. The van der Waals surface area contributed by atoms with Crippen LogP contribution in [0.25, 0.3) is 0 Å². The minimum Gasteiger partial charge on any atom is -0.310 e. The number of hydrogen-bond acceptors (Lipinski definition) is 2. The molecule has 0 aliphatic rings. The van der Waals surface area contributed by atoms with E-state index in [-0.39, 0.29) is 11.9 Å². The largest absolute Gasteiger partial charge is 0.310 e. The first kappa shape index (κ1) is 14.0. The second-order valence-corrected chi connectivity index (χ2v) is 4.86. The van der Waals surface area contributed by atoms with E-state index in [1.165, 1.54) is 6.07 Å². The number of benzene rings is 1. The van der Waals surface area contributed by atoms with Crippen molar-refractivity contribution in [1.29, 1.82) is 0 Å². The monoisotopic (exact) mass is 281 g/mol. The molecule has 0 amide bonds. The van der Waals surface area contributed by atoms with Crippen molar-refractivity contribution in [2.24, 2.45) is 0 Å². The van der Waals surface area contributed by atoms with Crippen LogP contribution >= 0.6 is 11.6 Å². The minimum atomic E-state index is -0.302. The molecule has 1 heterocycles. The summed E-state index contributed by atoms with van der Waals surface area (Å²) in [7, 11) is 0. The summed E-state index contributed by atoms with van der Waals surface area (Å²) in [5.74, 6) is -0.302. The summed E-state index contributed by atoms with van der Waals surface area (Å²) < 4.78 is 15.4. The van der Waals surface area contributed by atoms with Crippen molar-refractivity contribution >= 4 is 11.6 Å². The summed E-state index contributed by atoms with van der Waals surface area (Å²) in [6.45, 7) is 5.36. The van der Waals surface area contributed by atoms with Crippen LogP contribution < -0.4 is 5.32 Å². The molecule has 5 heteroatoms. The van der Waals surface area contributed by atoms with Gasteiger partial charge in [-0.1, -0.05) is 24.6 Å². The van der Waals surface area contributed by atoms with Crippen molar-refractivity contribution in [2.45, 2.75) is 26.4 Å². The third-order valence-electron chi connectivity index (χ3n) is 3.05. The van der Waals surface area contributed by atoms with Crippen LogP contribution in [0.2, 0.25) is 5.02 Å². The molecule has 0 saturated carbocycles. The van der Waals surface area contributed by atoms with Gasteiger partial charge in [-0.2, -0.15) is 5.10 Å². The molecule has 1 N–H and O–H groups in total. The highest BCUT2D eigenvalue weighted by Crippen LogP contribution is 2.20. The van der Waals surface area contributed by atoms with Crippen molar-refractivity contribution in [1.82, 2.24) is 15.1 Å². The van der Waals surface area contributed by atoms with Crippen LogP contribution in [0, 0.1) is 5.82 Å². The second kappa shape index (κ2) is 6.17. The zero-order valence-corrected chi connectivity index (χ0v) is 11.8. The summed E-state index contributed by atoms with van der Waals surface area (Å²) >= 11 is 6.01. The zero-order valence-electron chi connectivity index (χ0n) is 11.0. The van der Waals surface area contributed by atoms with Crippen LogP contribution in [0.15, 0.2) is 30.6 Å². The number of halogens is 2. The fourth-order valence-corrected chi connectivity index (χ4v) is 2.18.